The molecule has 2 aromatic rings. The number of halogens is 2. The number of rotatable bonds is 1. The molecule has 62 valence electrons. The number of pyridine rings is 1. The van der Waals surface area contributed by atoms with Crippen molar-refractivity contribution in [3.05, 3.63) is 30.1 Å². The molecular formula is C8H6F2N2. The lowest BCUT2D eigenvalue weighted by Gasteiger charge is -1.96. The molecule has 0 fully saturated rings. The highest BCUT2D eigenvalue weighted by molar-refractivity contribution is 5.75. The third kappa shape index (κ3) is 1.05. The van der Waals surface area contributed by atoms with Crippen LogP contribution in [0.5, 0.6) is 0 Å². The number of nitrogens with one attached hydrogen (secondary N) is 1. The number of hydrogen-bond donors (Lipinski definition) is 1. The van der Waals surface area contributed by atoms with E-state index >= 15 is 0 Å². The summed E-state index contributed by atoms with van der Waals surface area (Å²) in [6.45, 7) is 0. The van der Waals surface area contributed by atoms with Crippen LogP contribution in [-0.4, -0.2) is 9.97 Å². The van der Waals surface area contributed by atoms with Gasteiger partial charge in [0.2, 0.25) is 0 Å². The van der Waals surface area contributed by atoms with Crippen LogP contribution in [0.15, 0.2) is 24.4 Å². The van der Waals surface area contributed by atoms with Crippen LogP contribution >= 0.6 is 0 Å². The van der Waals surface area contributed by atoms with Crippen molar-refractivity contribution >= 4 is 11.0 Å². The molecule has 0 saturated heterocycles. The SMILES string of the molecule is FC(F)c1ccc2cc[nH]c2n1. The molecule has 0 aromatic carbocycles. The second kappa shape index (κ2) is 2.55. The molecule has 12 heavy (non-hydrogen) atoms. The number of fused-ring (bicyclic) bond motifs is 1. The first-order chi connectivity index (χ1) is 5.77. The molecule has 4 heteroatoms. The minimum atomic E-state index is -2.50. The Kier molecular flexibility index (Phi) is 1.53. The van der Waals surface area contributed by atoms with Crippen molar-refractivity contribution in [1.29, 1.82) is 0 Å². The smallest absolute Gasteiger partial charge is 0.280 e. The van der Waals surface area contributed by atoms with Crippen molar-refractivity contribution in [1.82, 2.24) is 9.97 Å². The first-order valence-corrected chi connectivity index (χ1v) is 3.49. The standard InChI is InChI=1S/C8H6F2N2/c9-7(10)6-2-1-5-3-4-11-8(5)12-6/h1-4,7H,(H,11,12). The second-order valence-corrected chi connectivity index (χ2v) is 2.45. The maximum atomic E-state index is 12.1. The summed E-state index contributed by atoms with van der Waals surface area (Å²) in [4.78, 5) is 6.50. The fraction of sp³-hybridized carbons (Fsp3) is 0.125. The highest BCUT2D eigenvalue weighted by Crippen LogP contribution is 2.18. The van der Waals surface area contributed by atoms with Gasteiger partial charge in [-0.15, -0.1) is 0 Å². The molecule has 0 aliphatic rings. The number of aromatic amines is 1. The van der Waals surface area contributed by atoms with Gasteiger partial charge in [0.1, 0.15) is 11.3 Å². The lowest BCUT2D eigenvalue weighted by Crippen LogP contribution is -1.88. The average molecular weight is 168 g/mol. The number of nitrogens with zero attached hydrogens (tertiary/aromatic N) is 1. The van der Waals surface area contributed by atoms with Gasteiger partial charge in [0.25, 0.3) is 6.43 Å². The summed E-state index contributed by atoms with van der Waals surface area (Å²) in [7, 11) is 0. The summed E-state index contributed by atoms with van der Waals surface area (Å²) in [5.74, 6) is 0. The van der Waals surface area contributed by atoms with Gasteiger partial charge in [0.05, 0.1) is 0 Å². The molecule has 0 spiro atoms. The molecule has 2 aromatic heterocycles. The molecule has 0 saturated carbocycles. The lowest BCUT2D eigenvalue weighted by molar-refractivity contribution is 0.146. The van der Waals surface area contributed by atoms with Gasteiger partial charge >= 0.3 is 0 Å². The number of aromatic nitrogens is 2. The van der Waals surface area contributed by atoms with Crippen LogP contribution in [0, 0.1) is 0 Å². The van der Waals surface area contributed by atoms with Gasteiger partial charge < -0.3 is 4.98 Å². The van der Waals surface area contributed by atoms with Crippen molar-refractivity contribution in [2.75, 3.05) is 0 Å². The van der Waals surface area contributed by atoms with E-state index in [2.05, 4.69) is 9.97 Å². The van der Waals surface area contributed by atoms with E-state index in [1.807, 2.05) is 0 Å². The third-order valence-corrected chi connectivity index (χ3v) is 1.65. The third-order valence-electron chi connectivity index (χ3n) is 1.65. The Bertz CT molecular complexity index is 395. The molecule has 0 aliphatic carbocycles. The van der Waals surface area contributed by atoms with E-state index < -0.39 is 6.43 Å². The molecule has 2 rings (SSSR count). The maximum Gasteiger partial charge on any atom is 0.280 e. The molecular weight excluding hydrogens is 162 g/mol. The van der Waals surface area contributed by atoms with Crippen molar-refractivity contribution < 1.29 is 8.78 Å². The van der Waals surface area contributed by atoms with Crippen LogP contribution in [0.1, 0.15) is 12.1 Å². The number of alkyl halides is 2. The predicted molar refractivity (Wildman–Crippen MR) is 41.1 cm³/mol. The van der Waals surface area contributed by atoms with Gasteiger partial charge in [0, 0.05) is 11.6 Å². The molecule has 2 heterocycles. The van der Waals surface area contributed by atoms with Gasteiger partial charge in [-0.25, -0.2) is 13.8 Å². The van der Waals surface area contributed by atoms with Crippen LogP contribution in [0.4, 0.5) is 8.78 Å². The minimum Gasteiger partial charge on any atom is -0.346 e. The zero-order chi connectivity index (χ0) is 8.55. The molecule has 0 radical (unpaired) electrons. The Morgan fingerprint density at radius 3 is 2.83 bits per heavy atom. The summed E-state index contributed by atoms with van der Waals surface area (Å²) in [5, 5.41) is 0.847. The summed E-state index contributed by atoms with van der Waals surface area (Å²) in [6, 6.07) is 4.75. The summed E-state index contributed by atoms with van der Waals surface area (Å²) >= 11 is 0. The molecule has 0 atom stereocenters. The molecule has 0 unspecified atom stereocenters. The quantitative estimate of drug-likeness (QED) is 0.696. The second-order valence-electron chi connectivity index (χ2n) is 2.45. The highest BCUT2D eigenvalue weighted by Gasteiger charge is 2.08. The van der Waals surface area contributed by atoms with Crippen LogP contribution in [0.2, 0.25) is 0 Å². The van der Waals surface area contributed by atoms with Crippen molar-refractivity contribution in [2.45, 2.75) is 6.43 Å². The van der Waals surface area contributed by atoms with Gasteiger partial charge in [0.15, 0.2) is 0 Å². The zero-order valence-electron chi connectivity index (χ0n) is 6.09. The number of hydrogen-bond acceptors (Lipinski definition) is 1. The van der Waals surface area contributed by atoms with Crippen molar-refractivity contribution in [3.8, 4) is 0 Å². The Labute approximate surface area is 67.2 Å². The van der Waals surface area contributed by atoms with E-state index in [1.54, 1.807) is 18.3 Å². The molecule has 0 bridgehead atoms. The largest absolute Gasteiger partial charge is 0.346 e. The zero-order valence-corrected chi connectivity index (χ0v) is 6.09. The van der Waals surface area contributed by atoms with Crippen LogP contribution in [0.3, 0.4) is 0 Å². The van der Waals surface area contributed by atoms with Gasteiger partial charge in [-0.2, -0.15) is 0 Å². The van der Waals surface area contributed by atoms with Gasteiger partial charge in [-0.3, -0.25) is 0 Å². The molecule has 1 N–H and O–H groups in total. The van der Waals surface area contributed by atoms with Crippen LogP contribution in [0.25, 0.3) is 11.0 Å². The Hall–Kier alpha value is -1.45. The maximum absolute atomic E-state index is 12.1. The van der Waals surface area contributed by atoms with Crippen molar-refractivity contribution in [2.24, 2.45) is 0 Å². The predicted octanol–water partition coefficient (Wildman–Crippen LogP) is 2.50. The Morgan fingerprint density at radius 2 is 2.08 bits per heavy atom. The number of H-pyrrole nitrogens is 1. The first-order valence-electron chi connectivity index (χ1n) is 3.49. The summed E-state index contributed by atoms with van der Waals surface area (Å²) in [5.41, 5.74) is 0.317. The van der Waals surface area contributed by atoms with E-state index in [1.165, 1.54) is 6.07 Å². The van der Waals surface area contributed by atoms with Gasteiger partial charge in [-0.1, -0.05) is 0 Å². The first kappa shape index (κ1) is 7.21. The van der Waals surface area contributed by atoms with Crippen LogP contribution in [-0.2, 0) is 0 Å². The van der Waals surface area contributed by atoms with E-state index in [0.717, 1.165) is 5.39 Å². The minimum absolute atomic E-state index is 0.190. The van der Waals surface area contributed by atoms with E-state index in [9.17, 15) is 8.78 Å². The monoisotopic (exact) mass is 168 g/mol. The fourth-order valence-electron chi connectivity index (χ4n) is 1.07. The van der Waals surface area contributed by atoms with Gasteiger partial charge in [-0.05, 0) is 18.2 Å². The molecule has 2 nitrogen and oxygen atoms in total. The van der Waals surface area contributed by atoms with Crippen LogP contribution < -0.4 is 0 Å². The Balaban J connectivity index is 2.60. The average Bonchev–Trinajstić information content (AvgIpc) is 2.49. The fourth-order valence-corrected chi connectivity index (χ4v) is 1.07. The van der Waals surface area contributed by atoms with E-state index in [4.69, 9.17) is 0 Å². The topological polar surface area (TPSA) is 28.7 Å². The highest BCUT2D eigenvalue weighted by atomic mass is 19.3. The van der Waals surface area contributed by atoms with Crippen molar-refractivity contribution in [3.63, 3.8) is 0 Å². The Morgan fingerprint density at radius 1 is 1.25 bits per heavy atom. The normalized spacial score (nSPS) is 11.2. The lowest BCUT2D eigenvalue weighted by atomic mass is 10.3. The summed E-state index contributed by atoms with van der Waals surface area (Å²) < 4.78 is 24.2. The van der Waals surface area contributed by atoms with E-state index in [0.29, 0.717) is 5.65 Å². The van der Waals surface area contributed by atoms with E-state index in [-0.39, 0.29) is 5.69 Å². The molecule has 0 aliphatic heterocycles. The molecule has 0 amide bonds. The summed E-state index contributed by atoms with van der Waals surface area (Å²) in [6.07, 6.45) is -0.829.